The first-order valence-corrected chi connectivity index (χ1v) is 11.0. The molecule has 0 atom stereocenters. The van der Waals surface area contributed by atoms with E-state index in [4.69, 9.17) is 4.98 Å². The molecule has 0 aliphatic heterocycles. The second-order valence-corrected chi connectivity index (χ2v) is 9.36. The number of thiophene rings is 1. The van der Waals surface area contributed by atoms with Crippen LogP contribution in [0.15, 0.2) is 28.2 Å². The Morgan fingerprint density at radius 1 is 1.21 bits per heavy atom. The zero-order chi connectivity index (χ0) is 20.6. The van der Waals surface area contributed by atoms with Crippen molar-refractivity contribution < 1.29 is 4.79 Å². The van der Waals surface area contributed by atoms with Gasteiger partial charge < -0.3 is 5.32 Å². The highest BCUT2D eigenvalue weighted by molar-refractivity contribution is 7.99. The number of aromatic nitrogens is 2. The molecule has 5 nitrogen and oxygen atoms in total. The summed E-state index contributed by atoms with van der Waals surface area (Å²) < 4.78 is 1.69. The number of rotatable bonds is 5. The molecular weight excluding hydrogens is 390 g/mol. The lowest BCUT2D eigenvalue weighted by Gasteiger charge is -2.15. The normalized spacial score (nSPS) is 11.4. The highest BCUT2D eigenvalue weighted by Crippen LogP contribution is 2.29. The third kappa shape index (κ3) is 3.86. The Balaban J connectivity index is 1.87. The highest BCUT2D eigenvalue weighted by atomic mass is 32.2. The molecule has 0 unspecified atom stereocenters. The Kier molecular flexibility index (Phi) is 5.95. The fourth-order valence-corrected chi connectivity index (χ4v) is 5.05. The monoisotopic (exact) mass is 415 g/mol. The zero-order valence-corrected chi connectivity index (χ0v) is 18.7. The van der Waals surface area contributed by atoms with Gasteiger partial charge >= 0.3 is 0 Å². The third-order valence-corrected chi connectivity index (χ3v) is 6.98. The number of anilines is 1. The van der Waals surface area contributed by atoms with Crippen molar-refractivity contribution in [2.24, 2.45) is 0 Å². The first-order chi connectivity index (χ1) is 13.2. The van der Waals surface area contributed by atoms with E-state index >= 15 is 0 Å². The SMILES string of the molecule is Cc1cccc(NC(=O)CSc2nc3sc(C)c(C)c3c(=O)n2C(C)C)c1C. The summed E-state index contributed by atoms with van der Waals surface area (Å²) in [7, 11) is 0. The van der Waals surface area contributed by atoms with E-state index < -0.39 is 0 Å². The van der Waals surface area contributed by atoms with Crippen molar-refractivity contribution in [2.45, 2.75) is 52.7 Å². The van der Waals surface area contributed by atoms with Crippen molar-refractivity contribution in [3.8, 4) is 0 Å². The van der Waals surface area contributed by atoms with Gasteiger partial charge in [-0.25, -0.2) is 4.98 Å². The molecule has 3 rings (SSSR count). The topological polar surface area (TPSA) is 64.0 Å². The number of carbonyl (C=O) groups excluding carboxylic acids is 1. The number of nitrogens with one attached hydrogen (secondary N) is 1. The lowest BCUT2D eigenvalue weighted by Crippen LogP contribution is -2.25. The zero-order valence-electron chi connectivity index (χ0n) is 17.0. The van der Waals surface area contributed by atoms with E-state index in [0.717, 1.165) is 32.1 Å². The summed E-state index contributed by atoms with van der Waals surface area (Å²) in [6, 6.07) is 5.81. The minimum Gasteiger partial charge on any atom is -0.325 e. The molecule has 2 aromatic heterocycles. The fourth-order valence-electron chi connectivity index (χ4n) is 3.05. The van der Waals surface area contributed by atoms with Crippen LogP contribution in [-0.2, 0) is 4.79 Å². The predicted molar refractivity (Wildman–Crippen MR) is 119 cm³/mol. The molecular formula is C21H25N3O2S2. The Morgan fingerprint density at radius 3 is 2.61 bits per heavy atom. The summed E-state index contributed by atoms with van der Waals surface area (Å²) in [6.07, 6.45) is 0. The number of amides is 1. The fraction of sp³-hybridized carbons (Fsp3) is 0.381. The quantitative estimate of drug-likeness (QED) is 0.470. The van der Waals surface area contributed by atoms with Crippen molar-refractivity contribution in [2.75, 3.05) is 11.1 Å². The van der Waals surface area contributed by atoms with Crippen LogP contribution < -0.4 is 10.9 Å². The van der Waals surface area contributed by atoms with Gasteiger partial charge in [0.25, 0.3) is 5.56 Å². The average molecular weight is 416 g/mol. The molecule has 148 valence electrons. The van der Waals surface area contributed by atoms with Crippen molar-refractivity contribution >= 4 is 44.9 Å². The van der Waals surface area contributed by atoms with Gasteiger partial charge in [-0.05, 0) is 64.3 Å². The van der Waals surface area contributed by atoms with Gasteiger partial charge in [-0.15, -0.1) is 11.3 Å². The Morgan fingerprint density at radius 2 is 1.93 bits per heavy atom. The van der Waals surface area contributed by atoms with E-state index in [1.165, 1.54) is 23.1 Å². The van der Waals surface area contributed by atoms with Gasteiger partial charge in [0.05, 0.1) is 11.1 Å². The molecule has 0 aliphatic carbocycles. The number of fused-ring (bicyclic) bond motifs is 1. The molecule has 0 saturated heterocycles. The highest BCUT2D eigenvalue weighted by Gasteiger charge is 2.19. The van der Waals surface area contributed by atoms with Crippen molar-refractivity contribution in [1.82, 2.24) is 9.55 Å². The lowest BCUT2D eigenvalue weighted by molar-refractivity contribution is -0.113. The van der Waals surface area contributed by atoms with Crippen LogP contribution in [0.25, 0.3) is 10.2 Å². The van der Waals surface area contributed by atoms with Gasteiger partial charge in [-0.1, -0.05) is 23.9 Å². The van der Waals surface area contributed by atoms with Crippen LogP contribution in [0.2, 0.25) is 0 Å². The molecule has 0 fully saturated rings. The molecule has 28 heavy (non-hydrogen) atoms. The summed E-state index contributed by atoms with van der Waals surface area (Å²) in [5.41, 5.74) is 3.98. The van der Waals surface area contributed by atoms with Crippen LogP contribution in [-0.4, -0.2) is 21.2 Å². The summed E-state index contributed by atoms with van der Waals surface area (Å²) in [4.78, 5) is 32.1. The maximum absolute atomic E-state index is 13.1. The maximum Gasteiger partial charge on any atom is 0.263 e. The third-order valence-electron chi connectivity index (χ3n) is 4.93. The smallest absolute Gasteiger partial charge is 0.263 e. The minimum atomic E-state index is -0.109. The number of hydrogen-bond donors (Lipinski definition) is 1. The maximum atomic E-state index is 13.1. The Hall–Kier alpha value is -2.12. The van der Waals surface area contributed by atoms with Crippen LogP contribution in [0.4, 0.5) is 5.69 Å². The van der Waals surface area contributed by atoms with Crippen LogP contribution in [0.1, 0.15) is 41.5 Å². The van der Waals surface area contributed by atoms with Crippen LogP contribution in [0.5, 0.6) is 0 Å². The number of aryl methyl sites for hydroxylation is 3. The number of nitrogens with zero attached hydrogens (tertiary/aromatic N) is 2. The molecule has 0 aliphatic rings. The van der Waals surface area contributed by atoms with Gasteiger partial charge in [0.2, 0.25) is 5.91 Å². The van der Waals surface area contributed by atoms with Crippen molar-refractivity contribution in [3.05, 3.63) is 50.1 Å². The standard InChI is InChI=1S/C21H25N3O2S2/c1-11(2)24-20(26)18-14(5)15(6)28-19(18)23-21(24)27-10-17(25)22-16-9-7-8-12(3)13(16)4/h7-9,11H,10H2,1-6H3,(H,22,25). The number of benzene rings is 1. The molecule has 0 bridgehead atoms. The molecule has 7 heteroatoms. The molecule has 1 aromatic carbocycles. The van der Waals surface area contributed by atoms with E-state index in [9.17, 15) is 9.59 Å². The van der Waals surface area contributed by atoms with Gasteiger partial charge in [0.15, 0.2) is 5.16 Å². The molecule has 2 heterocycles. The van der Waals surface area contributed by atoms with Gasteiger partial charge in [0.1, 0.15) is 4.83 Å². The van der Waals surface area contributed by atoms with E-state index in [1.54, 1.807) is 4.57 Å². The summed E-state index contributed by atoms with van der Waals surface area (Å²) >= 11 is 2.83. The van der Waals surface area contributed by atoms with Crippen molar-refractivity contribution in [1.29, 1.82) is 0 Å². The molecule has 0 spiro atoms. The van der Waals surface area contributed by atoms with E-state index in [0.29, 0.717) is 10.5 Å². The second-order valence-electron chi connectivity index (χ2n) is 7.21. The molecule has 0 radical (unpaired) electrons. The van der Waals surface area contributed by atoms with Gasteiger partial charge in [-0.3, -0.25) is 14.2 Å². The first-order valence-electron chi connectivity index (χ1n) is 9.21. The average Bonchev–Trinajstić information content (AvgIpc) is 2.91. The molecule has 1 N–H and O–H groups in total. The molecule has 3 aromatic rings. The van der Waals surface area contributed by atoms with Crippen LogP contribution in [0.3, 0.4) is 0 Å². The summed E-state index contributed by atoms with van der Waals surface area (Å²) in [6.45, 7) is 11.9. The van der Waals surface area contributed by atoms with Gasteiger partial charge in [-0.2, -0.15) is 0 Å². The van der Waals surface area contributed by atoms with Crippen LogP contribution >= 0.6 is 23.1 Å². The van der Waals surface area contributed by atoms with Crippen LogP contribution in [0, 0.1) is 27.7 Å². The largest absolute Gasteiger partial charge is 0.325 e. The number of carbonyl (C=O) groups is 1. The Bertz CT molecular complexity index is 1110. The minimum absolute atomic E-state index is 0.0284. The van der Waals surface area contributed by atoms with E-state index in [1.807, 2.05) is 59.7 Å². The number of hydrogen-bond acceptors (Lipinski definition) is 5. The van der Waals surface area contributed by atoms with E-state index in [2.05, 4.69) is 5.32 Å². The predicted octanol–water partition coefficient (Wildman–Crippen LogP) is 5.00. The number of thioether (sulfide) groups is 1. The van der Waals surface area contributed by atoms with E-state index in [-0.39, 0.29) is 23.3 Å². The summed E-state index contributed by atoms with van der Waals surface area (Å²) in [5, 5.41) is 4.25. The summed E-state index contributed by atoms with van der Waals surface area (Å²) in [5.74, 6) is 0.0865. The first kappa shape index (κ1) is 20.6. The Labute approximate surface area is 173 Å². The lowest BCUT2D eigenvalue weighted by atomic mass is 10.1. The molecule has 1 amide bonds. The van der Waals surface area contributed by atoms with Crippen molar-refractivity contribution in [3.63, 3.8) is 0 Å². The molecule has 0 saturated carbocycles. The second kappa shape index (κ2) is 8.09. The van der Waals surface area contributed by atoms with Gasteiger partial charge in [0, 0.05) is 16.6 Å².